The molecule has 0 aromatic heterocycles. The standard InChI is InChI=1S/C18H11Cl2F3N2O.4C18H15P.C17H11BrCl2F3NO.2CN.Pd.Zn/c1-10-4-11(2-3-12(10)9-24)16-8-17(26-25-16,18(21,22)23)13-5-14(19)7-15(20)6-13;4*1-4-10-16(11-5-1)19(17-12-6-2-7-13-17)18-14-8-3-9-15-18;1-9-4-10(2-3-14(9)18)15-8-16(25-24-15,17(21,22)23)11-5-12(19)7-13(20)6-11;2*1-2;;/h2-7H,8H2,1H3;4*1-15H;2-7H,8H2,1H3;;;;/q;;;;;;2*-1;;+2. The third kappa shape index (κ3) is 28.6. The molecule has 2 atom stereocenters. The van der Waals surface area contributed by atoms with Crippen LogP contribution in [0.4, 0.5) is 26.3 Å². The van der Waals surface area contributed by atoms with Gasteiger partial charge in [-0.05, 0) is 192 Å². The summed E-state index contributed by atoms with van der Waals surface area (Å²) in [6.45, 7) is 13.0. The van der Waals surface area contributed by atoms with Gasteiger partial charge >= 0.3 is 31.8 Å². The van der Waals surface area contributed by atoms with Crippen LogP contribution in [0.15, 0.2) is 452 Å². The number of nitrogens with zero attached hydrogens (tertiary/aromatic N) is 5. The Morgan fingerprint density at radius 2 is 0.496 bits per heavy atom. The summed E-state index contributed by atoms with van der Waals surface area (Å²) in [5.74, 6) is 0. The fourth-order valence-corrected chi connectivity index (χ4v) is 24.7. The van der Waals surface area contributed by atoms with E-state index in [4.69, 9.17) is 85.0 Å². The Morgan fingerprint density at radius 3 is 0.669 bits per heavy atom. The SMILES string of the molecule is Cc1cc(C2=NOC(c3cc(Cl)cc(Cl)c3)(C(F)(F)F)C2)ccc1Br.Cc1cc(C2=NOC(c3cc(Cl)cc(Cl)c3)(C(F)(F)F)C2)ccc1C#N.[C-]#N.[C-]#N.[Pd].[Zn+2].c1ccc(P(c2ccccc2)c2ccccc2)cc1.c1ccc(P(c2ccccc2)c2ccccc2)cc1.c1ccc(P(c2ccccc2)c2ccccc2)cc1.c1ccc(P(c2ccccc2)c2ccccc2)cc1. The van der Waals surface area contributed by atoms with Crippen LogP contribution < -0.4 is 63.7 Å². The van der Waals surface area contributed by atoms with E-state index in [2.05, 4.69) is 390 Å². The summed E-state index contributed by atoms with van der Waals surface area (Å²) in [4.78, 5) is 9.92. The fraction of sp³-hybridized carbons (Fsp3) is 0.0734. The first-order valence-corrected chi connectivity index (χ1v) is 48.4. The zero-order valence-corrected chi connectivity index (χ0v) is 84.2. The molecule has 24 heteroatoms. The average Bonchev–Trinajstić information content (AvgIpc) is 1.62. The zero-order chi connectivity index (χ0) is 93.2. The number of hydrogen-bond acceptors (Lipinski definition) is 7. The number of hydrogen-bond donors (Lipinski definition) is 0. The minimum atomic E-state index is -4.74. The molecule has 16 aromatic rings. The van der Waals surface area contributed by atoms with Crippen LogP contribution in [-0.4, -0.2) is 23.8 Å². The van der Waals surface area contributed by atoms with Crippen molar-refractivity contribution in [2.45, 2.75) is 50.2 Å². The van der Waals surface area contributed by atoms with Crippen LogP contribution in [0.2, 0.25) is 20.1 Å². The van der Waals surface area contributed by atoms with Crippen LogP contribution >= 0.6 is 94.0 Å². The molecule has 2 unspecified atom stereocenters. The summed E-state index contributed by atoms with van der Waals surface area (Å²) in [6, 6.07) is 149. The van der Waals surface area contributed by atoms with E-state index in [1.54, 1.807) is 37.3 Å². The quantitative estimate of drug-likeness (QED) is 0.0414. The second-order valence-corrected chi connectivity index (χ2v) is 40.5. The molecule has 16 aromatic carbocycles. The molecule has 664 valence electrons. The maximum Gasteiger partial charge on any atom is 2.00 e. The Morgan fingerprint density at radius 1 is 0.308 bits per heavy atom. The molecule has 2 aliphatic rings. The van der Waals surface area contributed by atoms with E-state index in [9.17, 15) is 26.3 Å². The second kappa shape index (κ2) is 52.7. The van der Waals surface area contributed by atoms with Crippen LogP contribution in [0.25, 0.3) is 0 Å². The summed E-state index contributed by atoms with van der Waals surface area (Å²) in [6.07, 6.45) is -10.4. The Labute approximate surface area is 833 Å². The van der Waals surface area contributed by atoms with Crippen molar-refractivity contribution in [3.8, 4) is 6.07 Å². The van der Waals surface area contributed by atoms with Crippen LogP contribution in [0, 0.1) is 48.8 Å². The van der Waals surface area contributed by atoms with Gasteiger partial charge < -0.3 is 33.3 Å². The summed E-state index contributed by atoms with van der Waals surface area (Å²) >= 11 is 26.9. The Hall–Kier alpha value is -10.8. The Kier molecular flexibility index (Phi) is 42.0. The van der Waals surface area contributed by atoms with Crippen molar-refractivity contribution < 1.29 is 75.9 Å². The first kappa shape index (κ1) is 106. The number of rotatable bonds is 16. The number of aryl methyl sites for hydroxylation is 2. The van der Waals surface area contributed by atoms with Gasteiger partial charge in [-0.25, -0.2) is 0 Å². The predicted molar refractivity (Wildman–Crippen MR) is 538 cm³/mol. The fourth-order valence-electron chi connectivity index (χ4n) is 14.2. The van der Waals surface area contributed by atoms with E-state index in [0.29, 0.717) is 22.3 Å². The van der Waals surface area contributed by atoms with Crippen molar-refractivity contribution in [2.75, 3.05) is 0 Å². The molecule has 0 spiro atoms. The molecule has 2 aliphatic heterocycles. The third-order valence-corrected chi connectivity index (χ3v) is 31.9. The maximum atomic E-state index is 13.9. The van der Waals surface area contributed by atoms with Crippen molar-refractivity contribution in [2.24, 2.45) is 10.3 Å². The molecule has 0 saturated heterocycles. The van der Waals surface area contributed by atoms with E-state index < -0.39 is 68.1 Å². The molecule has 2 heterocycles. The van der Waals surface area contributed by atoms with Gasteiger partial charge in [0, 0.05) is 69.0 Å². The molecular formula is C109H82BrCl4F6N5O2P4PdZn. The zero-order valence-electron chi connectivity index (χ0n) is 71.5. The number of alkyl halides is 6. The smallest absolute Gasteiger partial charge is 0.512 e. The van der Waals surface area contributed by atoms with E-state index in [1.807, 2.05) is 13.0 Å². The minimum Gasteiger partial charge on any atom is -0.512 e. The normalized spacial score (nSPS) is 13.7. The average molecular weight is 2130 g/mol. The van der Waals surface area contributed by atoms with Crippen LogP contribution in [0.1, 0.15) is 51.8 Å². The number of halogens is 11. The summed E-state index contributed by atoms with van der Waals surface area (Å²) in [5, 5.41) is 46.0. The molecule has 133 heavy (non-hydrogen) atoms. The van der Waals surface area contributed by atoms with Crippen molar-refractivity contribution in [3.63, 3.8) is 0 Å². The van der Waals surface area contributed by atoms with Crippen LogP contribution in [-0.2, 0) is 60.8 Å². The van der Waals surface area contributed by atoms with E-state index >= 15 is 0 Å². The van der Waals surface area contributed by atoms with Gasteiger partial charge in [0.15, 0.2) is 0 Å². The minimum absolute atomic E-state index is 0. The first-order valence-electron chi connectivity index (χ1n) is 40.7. The van der Waals surface area contributed by atoms with Crippen molar-refractivity contribution in [3.05, 3.63) is 513 Å². The number of oxime groups is 2. The molecule has 0 N–H and O–H groups in total. The molecule has 0 bridgehead atoms. The number of benzene rings is 16. The maximum absolute atomic E-state index is 13.9. The molecule has 7 nitrogen and oxygen atoms in total. The first-order chi connectivity index (χ1) is 63.6. The second-order valence-electron chi connectivity index (χ2n) is 29.1. The predicted octanol–water partition coefficient (Wildman–Crippen LogP) is 26.4. The van der Waals surface area contributed by atoms with Crippen molar-refractivity contribution >= 4 is 169 Å². The molecule has 0 saturated carbocycles. The van der Waals surface area contributed by atoms with E-state index in [-0.39, 0.29) is 82.5 Å². The monoisotopic (exact) mass is 2120 g/mol. The van der Waals surface area contributed by atoms with E-state index in [1.165, 1.54) is 106 Å². The molecule has 18 rings (SSSR count). The molecule has 0 aliphatic carbocycles. The van der Waals surface area contributed by atoms with Gasteiger partial charge in [0.1, 0.15) is 0 Å². The largest absolute Gasteiger partial charge is 2.00 e. The Bertz CT molecular complexity index is 5550. The van der Waals surface area contributed by atoms with Crippen molar-refractivity contribution in [1.82, 2.24) is 0 Å². The van der Waals surface area contributed by atoms with Gasteiger partial charge in [-0.15, -0.1) is 0 Å². The molecule has 0 amide bonds. The summed E-state index contributed by atoms with van der Waals surface area (Å²) < 4.78 is 84.4. The number of nitriles is 1. The molecule has 0 radical (unpaired) electrons. The van der Waals surface area contributed by atoms with Crippen LogP contribution in [0.5, 0.6) is 0 Å². The molecular weight excluding hydrogens is 2040 g/mol. The third-order valence-electron chi connectivity index (χ3n) is 20.4. The summed E-state index contributed by atoms with van der Waals surface area (Å²) in [7, 11) is -1.78. The molecule has 0 fully saturated rings. The van der Waals surface area contributed by atoms with Crippen LogP contribution in [0.3, 0.4) is 0 Å². The van der Waals surface area contributed by atoms with Gasteiger partial charge in [-0.1, -0.05) is 449 Å². The summed E-state index contributed by atoms with van der Waals surface area (Å²) in [5.41, 5.74) is -2.33. The van der Waals surface area contributed by atoms with Crippen molar-refractivity contribution in [1.29, 1.82) is 15.8 Å². The van der Waals surface area contributed by atoms with Gasteiger partial charge in [0.25, 0.3) is 11.2 Å². The topological polar surface area (TPSA) is 115 Å². The van der Waals surface area contributed by atoms with Gasteiger partial charge in [0.05, 0.1) is 23.1 Å². The van der Waals surface area contributed by atoms with Gasteiger partial charge in [-0.3, -0.25) is 0 Å². The van der Waals surface area contributed by atoms with Gasteiger partial charge in [0.2, 0.25) is 0 Å². The van der Waals surface area contributed by atoms with Gasteiger partial charge in [-0.2, -0.15) is 31.6 Å². The van der Waals surface area contributed by atoms with E-state index in [0.717, 1.165) is 10.0 Å². The Balaban J connectivity index is 0.000000178.